The van der Waals surface area contributed by atoms with Crippen LogP contribution in [0.5, 0.6) is 0 Å². The van der Waals surface area contributed by atoms with Crippen molar-refractivity contribution in [3.8, 4) is 0 Å². The molecule has 21 heavy (non-hydrogen) atoms. The van der Waals surface area contributed by atoms with E-state index in [0.29, 0.717) is 32.1 Å². The van der Waals surface area contributed by atoms with Crippen molar-refractivity contribution >= 4 is 21.5 Å². The number of thiophene rings is 1. The number of hydrogen-bond acceptors (Lipinski definition) is 4. The molecule has 2 aliphatic heterocycles. The molecule has 0 saturated carbocycles. The fourth-order valence-electron chi connectivity index (χ4n) is 3.33. The molecule has 5 nitrogen and oxygen atoms in total. The first kappa shape index (κ1) is 15.4. The molecule has 1 aromatic rings. The van der Waals surface area contributed by atoms with Gasteiger partial charge in [-0.15, -0.1) is 11.3 Å². The van der Waals surface area contributed by atoms with Gasteiger partial charge in [0.1, 0.15) is 0 Å². The lowest BCUT2D eigenvalue weighted by molar-refractivity contribution is 0.240. The Labute approximate surface area is 130 Å². The minimum absolute atomic E-state index is 0.0581. The second-order valence-electron chi connectivity index (χ2n) is 5.92. The average molecular weight is 329 g/mol. The molecule has 7 heteroatoms. The molecule has 3 rings (SSSR count). The van der Waals surface area contributed by atoms with Crippen LogP contribution in [0.4, 0.5) is 0 Å². The van der Waals surface area contributed by atoms with Crippen LogP contribution in [0.15, 0.2) is 11.4 Å². The number of hydrogen-bond donors (Lipinski definition) is 1. The Hall–Kier alpha value is -0.470. The first-order valence-corrected chi connectivity index (χ1v) is 9.85. The van der Waals surface area contributed by atoms with Gasteiger partial charge in [0.15, 0.2) is 0 Å². The molecule has 1 aromatic heterocycles. The Morgan fingerprint density at radius 2 is 2.05 bits per heavy atom. The number of rotatable bonds is 3. The Morgan fingerprint density at radius 3 is 2.71 bits per heavy atom. The maximum Gasteiger partial charge on any atom is 0.282 e. The monoisotopic (exact) mass is 329 g/mol. The molecule has 1 fully saturated rings. The van der Waals surface area contributed by atoms with Crippen molar-refractivity contribution in [3.63, 3.8) is 0 Å². The molecule has 0 aliphatic carbocycles. The minimum atomic E-state index is -3.36. The van der Waals surface area contributed by atoms with E-state index in [2.05, 4.69) is 11.4 Å². The van der Waals surface area contributed by atoms with E-state index in [1.807, 2.05) is 6.92 Å². The molecule has 3 heterocycles. The Bertz CT molecular complexity index is 591. The quantitative estimate of drug-likeness (QED) is 0.915. The third-order valence-corrected chi connectivity index (χ3v) is 7.86. The lowest BCUT2D eigenvalue weighted by Crippen LogP contribution is -2.50. The van der Waals surface area contributed by atoms with Crippen LogP contribution in [-0.4, -0.2) is 43.2 Å². The van der Waals surface area contributed by atoms with Gasteiger partial charge in [-0.25, -0.2) is 0 Å². The predicted molar refractivity (Wildman–Crippen MR) is 85.4 cm³/mol. The van der Waals surface area contributed by atoms with E-state index in [1.165, 1.54) is 10.4 Å². The van der Waals surface area contributed by atoms with Crippen molar-refractivity contribution < 1.29 is 8.42 Å². The van der Waals surface area contributed by atoms with Crippen molar-refractivity contribution in [1.29, 1.82) is 0 Å². The molecule has 2 aliphatic rings. The zero-order valence-electron chi connectivity index (χ0n) is 12.4. The van der Waals surface area contributed by atoms with Crippen LogP contribution in [0.25, 0.3) is 0 Å². The van der Waals surface area contributed by atoms with Crippen LogP contribution in [0.2, 0.25) is 0 Å². The van der Waals surface area contributed by atoms with Gasteiger partial charge in [-0.05, 0) is 55.7 Å². The van der Waals surface area contributed by atoms with Gasteiger partial charge in [0.25, 0.3) is 10.2 Å². The second kappa shape index (κ2) is 5.96. The molecule has 118 valence electrons. The van der Waals surface area contributed by atoms with E-state index in [0.717, 1.165) is 19.3 Å². The first-order chi connectivity index (χ1) is 10.0. The van der Waals surface area contributed by atoms with E-state index in [9.17, 15) is 8.42 Å². The summed E-state index contributed by atoms with van der Waals surface area (Å²) in [4.78, 5) is 1.33. The maximum atomic E-state index is 12.9. The molecule has 0 radical (unpaired) electrons. The summed E-state index contributed by atoms with van der Waals surface area (Å²) in [6.45, 7) is 4.45. The van der Waals surface area contributed by atoms with Crippen LogP contribution >= 0.6 is 11.3 Å². The molecular formula is C14H23N3O2S2. The molecule has 1 unspecified atom stereocenters. The van der Waals surface area contributed by atoms with Crippen molar-refractivity contribution in [2.75, 3.05) is 26.2 Å². The summed E-state index contributed by atoms with van der Waals surface area (Å²) in [5, 5.41) is 2.06. The maximum absolute atomic E-state index is 12.9. The highest BCUT2D eigenvalue weighted by molar-refractivity contribution is 7.86. The van der Waals surface area contributed by atoms with E-state index >= 15 is 0 Å². The lowest BCUT2D eigenvalue weighted by Gasteiger charge is -2.38. The topological polar surface area (TPSA) is 66.6 Å². The molecule has 0 amide bonds. The zero-order chi connectivity index (χ0) is 15.0. The summed E-state index contributed by atoms with van der Waals surface area (Å²) in [5.74, 6) is 0.471. The van der Waals surface area contributed by atoms with Crippen LogP contribution < -0.4 is 5.73 Å². The summed E-state index contributed by atoms with van der Waals surface area (Å²) < 4.78 is 29.1. The Kier molecular flexibility index (Phi) is 4.38. The van der Waals surface area contributed by atoms with E-state index in [-0.39, 0.29) is 6.04 Å². The molecule has 0 bridgehead atoms. The molecular weight excluding hydrogens is 306 g/mol. The molecule has 2 N–H and O–H groups in total. The highest BCUT2D eigenvalue weighted by Crippen LogP contribution is 2.35. The standard InChI is InChI=1S/C14H23N3O2S2/c1-11-13-5-9-20-14(13)4-8-17(11)21(18,19)16-6-2-12(10-15)3-7-16/h5,9,11-12H,2-4,6-8,10,15H2,1H3. The third-order valence-electron chi connectivity index (χ3n) is 4.75. The van der Waals surface area contributed by atoms with Crippen LogP contribution in [0.1, 0.15) is 36.2 Å². The van der Waals surface area contributed by atoms with Gasteiger partial charge in [0.2, 0.25) is 0 Å². The fraction of sp³-hybridized carbons (Fsp3) is 0.714. The largest absolute Gasteiger partial charge is 0.330 e. The smallest absolute Gasteiger partial charge is 0.282 e. The molecule has 1 atom stereocenters. The van der Waals surface area contributed by atoms with Crippen molar-refractivity contribution in [3.05, 3.63) is 21.9 Å². The van der Waals surface area contributed by atoms with E-state index in [1.54, 1.807) is 19.9 Å². The normalized spacial score (nSPS) is 25.9. The van der Waals surface area contributed by atoms with Gasteiger partial charge in [-0.2, -0.15) is 17.0 Å². The van der Waals surface area contributed by atoms with Crippen LogP contribution in [0.3, 0.4) is 0 Å². The van der Waals surface area contributed by atoms with Gasteiger partial charge >= 0.3 is 0 Å². The number of piperidine rings is 1. The zero-order valence-corrected chi connectivity index (χ0v) is 14.0. The van der Waals surface area contributed by atoms with Gasteiger partial charge in [-0.1, -0.05) is 0 Å². The van der Waals surface area contributed by atoms with Gasteiger partial charge in [-0.3, -0.25) is 0 Å². The first-order valence-electron chi connectivity index (χ1n) is 7.57. The predicted octanol–water partition coefficient (Wildman–Crippen LogP) is 1.58. The van der Waals surface area contributed by atoms with Crippen molar-refractivity contribution in [1.82, 2.24) is 8.61 Å². The SMILES string of the molecule is CC1c2ccsc2CCN1S(=O)(=O)N1CCC(CN)CC1. The summed E-state index contributed by atoms with van der Waals surface area (Å²) in [7, 11) is -3.36. The summed E-state index contributed by atoms with van der Waals surface area (Å²) in [6, 6.07) is 2.00. The van der Waals surface area contributed by atoms with E-state index < -0.39 is 10.2 Å². The van der Waals surface area contributed by atoms with Gasteiger partial charge < -0.3 is 5.73 Å². The lowest BCUT2D eigenvalue weighted by atomic mass is 9.99. The third kappa shape index (κ3) is 2.77. The number of nitrogens with zero attached hydrogens (tertiary/aromatic N) is 2. The number of nitrogens with two attached hydrogens (primary N) is 1. The average Bonchev–Trinajstić information content (AvgIpc) is 2.97. The summed E-state index contributed by atoms with van der Waals surface area (Å²) >= 11 is 1.73. The summed E-state index contributed by atoms with van der Waals surface area (Å²) in [5.41, 5.74) is 6.86. The molecule has 1 saturated heterocycles. The summed E-state index contributed by atoms with van der Waals surface area (Å²) in [6.07, 6.45) is 2.58. The number of fused-ring (bicyclic) bond motifs is 1. The van der Waals surface area contributed by atoms with E-state index in [4.69, 9.17) is 5.73 Å². The highest BCUT2D eigenvalue weighted by atomic mass is 32.2. The van der Waals surface area contributed by atoms with Gasteiger partial charge in [0, 0.05) is 30.6 Å². The Balaban J connectivity index is 1.77. The van der Waals surface area contributed by atoms with Crippen molar-refractivity contribution in [2.45, 2.75) is 32.2 Å². The van der Waals surface area contributed by atoms with Gasteiger partial charge in [0.05, 0.1) is 0 Å². The fourth-order valence-corrected chi connectivity index (χ4v) is 6.09. The Morgan fingerprint density at radius 1 is 1.33 bits per heavy atom. The van der Waals surface area contributed by atoms with Crippen LogP contribution in [-0.2, 0) is 16.6 Å². The second-order valence-corrected chi connectivity index (χ2v) is 8.80. The molecule has 0 spiro atoms. The minimum Gasteiger partial charge on any atom is -0.330 e. The van der Waals surface area contributed by atoms with Crippen LogP contribution in [0, 0.1) is 5.92 Å². The highest BCUT2D eigenvalue weighted by Gasteiger charge is 2.38. The van der Waals surface area contributed by atoms with Crippen molar-refractivity contribution in [2.24, 2.45) is 11.7 Å². The molecule has 0 aromatic carbocycles.